The minimum absolute atomic E-state index is 0.0605. The molecule has 0 aromatic carbocycles. The lowest BCUT2D eigenvalue weighted by molar-refractivity contribution is -0.389. The second-order valence-electron chi connectivity index (χ2n) is 5.41. The van der Waals surface area contributed by atoms with E-state index in [1.54, 1.807) is 0 Å². The SMILES string of the molecule is CC1(C)OB(c2cc(F)cc([N+](=O)[O-])n2)OC1(C)C. The average molecular weight is 268 g/mol. The second-order valence-corrected chi connectivity index (χ2v) is 5.41. The van der Waals surface area contributed by atoms with Crippen LogP contribution in [0.3, 0.4) is 0 Å². The first-order valence-electron chi connectivity index (χ1n) is 5.80. The first-order chi connectivity index (χ1) is 8.62. The molecular formula is C11H14BFN2O4. The molecule has 1 aliphatic heterocycles. The fourth-order valence-electron chi connectivity index (χ4n) is 1.68. The lowest BCUT2D eigenvalue weighted by Crippen LogP contribution is -2.41. The van der Waals surface area contributed by atoms with Crippen LogP contribution >= 0.6 is 0 Å². The van der Waals surface area contributed by atoms with Gasteiger partial charge in [-0.25, -0.2) is 4.39 Å². The van der Waals surface area contributed by atoms with Gasteiger partial charge in [-0.05, 0) is 37.6 Å². The molecule has 1 fully saturated rings. The fraction of sp³-hybridized carbons (Fsp3) is 0.545. The Hall–Kier alpha value is -1.54. The van der Waals surface area contributed by atoms with Crippen molar-refractivity contribution >= 4 is 18.5 Å². The van der Waals surface area contributed by atoms with Gasteiger partial charge in [0.1, 0.15) is 5.82 Å². The summed E-state index contributed by atoms with van der Waals surface area (Å²) in [5, 5.41) is 10.7. The van der Waals surface area contributed by atoms with Crippen molar-refractivity contribution in [2.45, 2.75) is 38.9 Å². The number of hydrogen-bond acceptors (Lipinski definition) is 5. The van der Waals surface area contributed by atoms with Crippen molar-refractivity contribution in [1.29, 1.82) is 0 Å². The van der Waals surface area contributed by atoms with Crippen LogP contribution in [0.15, 0.2) is 12.1 Å². The quantitative estimate of drug-likeness (QED) is 0.460. The van der Waals surface area contributed by atoms with E-state index in [9.17, 15) is 14.5 Å². The van der Waals surface area contributed by atoms with E-state index in [1.807, 2.05) is 27.7 Å². The van der Waals surface area contributed by atoms with Gasteiger partial charge in [0.05, 0.1) is 17.3 Å². The Bertz CT molecular complexity index is 519. The van der Waals surface area contributed by atoms with E-state index in [0.29, 0.717) is 0 Å². The summed E-state index contributed by atoms with van der Waals surface area (Å²) in [6, 6.07) is 1.84. The largest absolute Gasteiger partial charge is 0.542 e. The summed E-state index contributed by atoms with van der Waals surface area (Å²) < 4.78 is 24.7. The molecule has 1 saturated heterocycles. The Morgan fingerprint density at radius 1 is 1.26 bits per heavy atom. The molecule has 0 atom stereocenters. The number of rotatable bonds is 2. The predicted molar refractivity (Wildman–Crippen MR) is 66.6 cm³/mol. The van der Waals surface area contributed by atoms with Gasteiger partial charge in [-0.15, -0.1) is 0 Å². The summed E-state index contributed by atoms with van der Waals surface area (Å²) in [7, 11) is -0.917. The van der Waals surface area contributed by atoms with Crippen LogP contribution in [-0.2, 0) is 9.31 Å². The zero-order chi connectivity index (χ0) is 14.4. The van der Waals surface area contributed by atoms with Crippen LogP contribution in [0.2, 0.25) is 0 Å². The zero-order valence-corrected chi connectivity index (χ0v) is 11.1. The molecule has 1 aromatic rings. The van der Waals surface area contributed by atoms with Crippen molar-refractivity contribution in [3.8, 4) is 0 Å². The molecule has 19 heavy (non-hydrogen) atoms. The van der Waals surface area contributed by atoms with E-state index in [1.165, 1.54) is 0 Å². The smallest absolute Gasteiger partial charge is 0.397 e. The molecule has 0 unspecified atom stereocenters. The van der Waals surface area contributed by atoms with Crippen LogP contribution in [0.4, 0.5) is 10.2 Å². The Labute approximate surface area is 110 Å². The van der Waals surface area contributed by atoms with Crippen LogP contribution in [0, 0.1) is 15.9 Å². The van der Waals surface area contributed by atoms with E-state index in [4.69, 9.17) is 9.31 Å². The second kappa shape index (κ2) is 4.24. The highest BCUT2D eigenvalue weighted by Gasteiger charge is 2.54. The third-order valence-corrected chi connectivity index (χ3v) is 3.48. The Balaban J connectivity index is 2.37. The van der Waals surface area contributed by atoms with Gasteiger partial charge in [-0.1, -0.05) is 0 Å². The molecular weight excluding hydrogens is 254 g/mol. The van der Waals surface area contributed by atoms with Gasteiger partial charge in [0.25, 0.3) is 0 Å². The van der Waals surface area contributed by atoms with E-state index in [2.05, 4.69) is 4.98 Å². The van der Waals surface area contributed by atoms with Crippen molar-refractivity contribution in [3.63, 3.8) is 0 Å². The standard InChI is InChI=1S/C11H14BFN2O4/c1-10(2)11(3,4)19-12(18-10)8-5-7(13)6-9(14-8)15(16)17/h5-6H,1-4H3. The van der Waals surface area contributed by atoms with Crippen LogP contribution in [0.5, 0.6) is 0 Å². The van der Waals surface area contributed by atoms with Crippen LogP contribution in [0.1, 0.15) is 27.7 Å². The fourth-order valence-corrected chi connectivity index (χ4v) is 1.68. The number of nitrogens with zero attached hydrogens (tertiary/aromatic N) is 2. The summed E-state index contributed by atoms with van der Waals surface area (Å²) in [6.45, 7) is 7.34. The minimum Gasteiger partial charge on any atom is -0.397 e. The highest BCUT2D eigenvalue weighted by atomic mass is 19.1. The van der Waals surface area contributed by atoms with Crippen molar-refractivity contribution in [3.05, 3.63) is 28.1 Å². The van der Waals surface area contributed by atoms with Gasteiger partial charge in [0.15, 0.2) is 5.59 Å². The van der Waals surface area contributed by atoms with Gasteiger partial charge in [-0.2, -0.15) is 0 Å². The van der Waals surface area contributed by atoms with Gasteiger partial charge in [0, 0.05) is 6.07 Å². The summed E-state index contributed by atoms with van der Waals surface area (Å²) in [5.41, 5.74) is -1.16. The molecule has 0 saturated carbocycles. The van der Waals surface area contributed by atoms with E-state index in [0.717, 1.165) is 12.1 Å². The van der Waals surface area contributed by atoms with Crippen molar-refractivity contribution in [1.82, 2.24) is 4.98 Å². The lowest BCUT2D eigenvalue weighted by Gasteiger charge is -2.32. The average Bonchev–Trinajstić information content (AvgIpc) is 2.47. The summed E-state index contributed by atoms with van der Waals surface area (Å²) >= 11 is 0. The van der Waals surface area contributed by atoms with Gasteiger partial charge >= 0.3 is 12.9 Å². The molecule has 8 heteroatoms. The molecule has 0 N–H and O–H groups in total. The molecule has 2 rings (SSSR count). The van der Waals surface area contributed by atoms with Gasteiger partial charge in [-0.3, -0.25) is 0 Å². The van der Waals surface area contributed by atoms with Crippen molar-refractivity contribution in [2.24, 2.45) is 0 Å². The number of aromatic nitrogens is 1. The summed E-state index contributed by atoms with van der Waals surface area (Å²) in [5.74, 6) is -1.31. The molecule has 1 aromatic heterocycles. The Kier molecular flexibility index (Phi) is 3.10. The molecule has 0 bridgehead atoms. The van der Waals surface area contributed by atoms with E-state index in [-0.39, 0.29) is 5.59 Å². The first-order valence-corrected chi connectivity index (χ1v) is 5.80. The van der Waals surface area contributed by atoms with Crippen molar-refractivity contribution < 1.29 is 18.6 Å². The highest BCUT2D eigenvalue weighted by Crippen LogP contribution is 2.36. The first kappa shape index (κ1) is 13.9. The number of pyridine rings is 1. The number of nitro groups is 1. The molecule has 1 aliphatic rings. The molecule has 0 aliphatic carbocycles. The van der Waals surface area contributed by atoms with Crippen LogP contribution in [-0.4, -0.2) is 28.2 Å². The molecule has 6 nitrogen and oxygen atoms in total. The maximum atomic E-state index is 13.4. The van der Waals surface area contributed by atoms with E-state index >= 15 is 0 Å². The molecule has 2 heterocycles. The topological polar surface area (TPSA) is 74.5 Å². The highest BCUT2D eigenvalue weighted by molar-refractivity contribution is 6.61. The maximum absolute atomic E-state index is 13.4. The van der Waals surface area contributed by atoms with E-state index < -0.39 is 34.9 Å². The molecule has 0 radical (unpaired) electrons. The molecule has 0 spiro atoms. The molecule has 0 amide bonds. The molecule has 102 valence electrons. The van der Waals surface area contributed by atoms with Gasteiger partial charge in [0.2, 0.25) is 0 Å². The summed E-state index contributed by atoms with van der Waals surface area (Å²) in [4.78, 5) is 13.7. The zero-order valence-electron chi connectivity index (χ0n) is 11.1. The monoisotopic (exact) mass is 268 g/mol. The van der Waals surface area contributed by atoms with Crippen LogP contribution < -0.4 is 5.59 Å². The normalized spacial score (nSPS) is 20.6. The van der Waals surface area contributed by atoms with Crippen molar-refractivity contribution in [2.75, 3.05) is 0 Å². The third-order valence-electron chi connectivity index (χ3n) is 3.48. The summed E-state index contributed by atoms with van der Waals surface area (Å²) in [6.07, 6.45) is 0. The maximum Gasteiger partial charge on any atom is 0.542 e. The van der Waals surface area contributed by atoms with Gasteiger partial charge < -0.3 is 19.4 Å². The number of halogens is 1. The minimum atomic E-state index is -0.917. The Morgan fingerprint density at radius 2 is 1.79 bits per heavy atom. The predicted octanol–water partition coefficient (Wildman–Crippen LogP) is 1.43. The van der Waals surface area contributed by atoms with Crippen LogP contribution in [0.25, 0.3) is 0 Å². The Morgan fingerprint density at radius 3 is 2.26 bits per heavy atom. The third kappa shape index (κ3) is 2.45. The lowest BCUT2D eigenvalue weighted by atomic mass is 9.84. The number of hydrogen-bond donors (Lipinski definition) is 0.